The van der Waals surface area contributed by atoms with Gasteiger partial charge in [-0.05, 0) is 38.0 Å². The van der Waals surface area contributed by atoms with Crippen molar-refractivity contribution < 1.29 is 14.3 Å². The maximum Gasteiger partial charge on any atom is 0.248 e. The summed E-state index contributed by atoms with van der Waals surface area (Å²) in [6, 6.07) is 0.527. The Labute approximate surface area is 121 Å². The number of nitrogens with one attached hydrogen (secondary N) is 1. The number of likely N-dealkylation sites (N-methyl/N-ethyl adjacent to an activating group) is 1. The first kappa shape index (κ1) is 14.3. The molecule has 3 aliphatic heterocycles. The second kappa shape index (κ2) is 6.41. The van der Waals surface area contributed by atoms with Crippen molar-refractivity contribution >= 4 is 5.91 Å². The highest BCUT2D eigenvalue weighted by molar-refractivity contribution is 5.80. The maximum atomic E-state index is 11.7. The summed E-state index contributed by atoms with van der Waals surface area (Å²) in [5, 5.41) is 2.70. The van der Waals surface area contributed by atoms with Crippen LogP contribution in [0.3, 0.4) is 0 Å². The Morgan fingerprint density at radius 3 is 2.75 bits per heavy atom. The van der Waals surface area contributed by atoms with Crippen LogP contribution < -0.4 is 5.32 Å². The van der Waals surface area contributed by atoms with Gasteiger partial charge in [0.25, 0.3) is 0 Å². The molecular formula is C15H26N2O3. The zero-order valence-corrected chi connectivity index (χ0v) is 12.3. The molecule has 20 heavy (non-hydrogen) atoms. The van der Waals surface area contributed by atoms with E-state index in [1.165, 1.54) is 19.4 Å². The Hall–Kier alpha value is -0.650. The molecule has 1 amide bonds. The van der Waals surface area contributed by atoms with E-state index in [4.69, 9.17) is 9.47 Å². The highest BCUT2D eigenvalue weighted by Gasteiger charge is 2.41. The lowest BCUT2D eigenvalue weighted by atomic mass is 9.96. The first-order chi connectivity index (χ1) is 9.78. The van der Waals surface area contributed by atoms with Crippen molar-refractivity contribution in [2.45, 2.75) is 50.4 Å². The minimum atomic E-state index is -0.232. The summed E-state index contributed by atoms with van der Waals surface area (Å²) in [6.07, 6.45) is 5.42. The van der Waals surface area contributed by atoms with Crippen molar-refractivity contribution in [3.8, 4) is 0 Å². The lowest BCUT2D eigenvalue weighted by Crippen LogP contribution is -2.48. The molecule has 0 bridgehead atoms. The van der Waals surface area contributed by atoms with Crippen molar-refractivity contribution in [3.63, 3.8) is 0 Å². The summed E-state index contributed by atoms with van der Waals surface area (Å²) >= 11 is 0. The van der Waals surface area contributed by atoms with E-state index in [-0.39, 0.29) is 18.1 Å². The van der Waals surface area contributed by atoms with Crippen LogP contribution in [-0.4, -0.2) is 62.4 Å². The van der Waals surface area contributed by atoms with Gasteiger partial charge in [-0.3, -0.25) is 9.69 Å². The molecule has 0 aromatic rings. The first-order valence-corrected chi connectivity index (χ1v) is 7.97. The molecule has 3 aliphatic rings. The van der Waals surface area contributed by atoms with E-state index in [0.29, 0.717) is 6.04 Å². The number of ether oxygens (including phenoxy) is 2. The molecule has 3 saturated heterocycles. The molecule has 0 spiro atoms. The summed E-state index contributed by atoms with van der Waals surface area (Å²) in [5.41, 5.74) is 0. The van der Waals surface area contributed by atoms with Gasteiger partial charge in [0.05, 0.1) is 6.10 Å². The predicted molar refractivity (Wildman–Crippen MR) is 75.5 cm³/mol. The van der Waals surface area contributed by atoms with Crippen LogP contribution in [0.4, 0.5) is 0 Å². The highest BCUT2D eigenvalue weighted by Crippen LogP contribution is 2.33. The average Bonchev–Trinajstić information content (AvgIpc) is 2.90. The fourth-order valence-electron chi connectivity index (χ4n) is 3.86. The van der Waals surface area contributed by atoms with Crippen molar-refractivity contribution in [2.75, 3.05) is 33.4 Å². The smallest absolute Gasteiger partial charge is 0.248 e. The van der Waals surface area contributed by atoms with Gasteiger partial charge in [0.1, 0.15) is 6.10 Å². The number of fused-ring (bicyclic) bond motifs is 1. The minimum Gasteiger partial charge on any atom is -0.381 e. The molecule has 0 aromatic heterocycles. The predicted octanol–water partition coefficient (Wildman–Crippen LogP) is 0.781. The third-order valence-corrected chi connectivity index (χ3v) is 5.04. The van der Waals surface area contributed by atoms with E-state index in [2.05, 4.69) is 10.2 Å². The zero-order valence-electron chi connectivity index (χ0n) is 12.3. The van der Waals surface area contributed by atoms with Gasteiger partial charge in [-0.1, -0.05) is 0 Å². The van der Waals surface area contributed by atoms with Crippen LogP contribution in [0.15, 0.2) is 0 Å². The number of carbonyl (C=O) groups is 1. The van der Waals surface area contributed by atoms with E-state index in [1.807, 2.05) is 0 Å². The van der Waals surface area contributed by atoms with Crippen LogP contribution in [-0.2, 0) is 14.3 Å². The van der Waals surface area contributed by atoms with E-state index < -0.39 is 0 Å². The van der Waals surface area contributed by atoms with Crippen LogP contribution in [0, 0.1) is 5.92 Å². The molecule has 0 radical (unpaired) electrons. The Balaban J connectivity index is 1.52. The van der Waals surface area contributed by atoms with Crippen molar-refractivity contribution in [1.29, 1.82) is 0 Å². The summed E-state index contributed by atoms with van der Waals surface area (Å²) in [5.74, 6) is 0.811. The van der Waals surface area contributed by atoms with Gasteiger partial charge in [0.2, 0.25) is 5.91 Å². The summed E-state index contributed by atoms with van der Waals surface area (Å²) in [4.78, 5) is 14.3. The molecule has 0 unspecified atom stereocenters. The second-order valence-electron chi connectivity index (χ2n) is 6.26. The van der Waals surface area contributed by atoms with E-state index in [1.54, 1.807) is 7.05 Å². The van der Waals surface area contributed by atoms with Crippen molar-refractivity contribution in [2.24, 2.45) is 5.92 Å². The van der Waals surface area contributed by atoms with Gasteiger partial charge >= 0.3 is 0 Å². The highest BCUT2D eigenvalue weighted by atomic mass is 16.5. The monoisotopic (exact) mass is 282 g/mol. The second-order valence-corrected chi connectivity index (χ2v) is 6.26. The molecule has 0 saturated carbocycles. The van der Waals surface area contributed by atoms with Gasteiger partial charge in [0.15, 0.2) is 0 Å². The fraction of sp³-hybridized carbons (Fsp3) is 0.933. The van der Waals surface area contributed by atoms with Crippen molar-refractivity contribution in [3.05, 3.63) is 0 Å². The van der Waals surface area contributed by atoms with Crippen LogP contribution >= 0.6 is 0 Å². The van der Waals surface area contributed by atoms with Crippen LogP contribution in [0.2, 0.25) is 0 Å². The quantitative estimate of drug-likeness (QED) is 0.831. The molecule has 1 N–H and O–H groups in total. The van der Waals surface area contributed by atoms with E-state index >= 15 is 0 Å². The molecule has 5 heteroatoms. The third-order valence-electron chi connectivity index (χ3n) is 5.04. The first-order valence-electron chi connectivity index (χ1n) is 7.97. The number of amides is 1. The number of likely N-dealkylation sites (tertiary alicyclic amines) is 1. The molecule has 3 rings (SSSR count). The van der Waals surface area contributed by atoms with Gasteiger partial charge < -0.3 is 14.8 Å². The number of rotatable bonds is 3. The maximum absolute atomic E-state index is 11.7. The van der Waals surface area contributed by atoms with E-state index in [9.17, 15) is 4.79 Å². The summed E-state index contributed by atoms with van der Waals surface area (Å²) in [7, 11) is 1.68. The summed E-state index contributed by atoms with van der Waals surface area (Å²) < 4.78 is 11.4. The average molecular weight is 282 g/mol. The Kier molecular flexibility index (Phi) is 4.58. The number of hydrogen-bond donors (Lipinski definition) is 1. The Bertz CT molecular complexity index is 344. The topological polar surface area (TPSA) is 50.8 Å². The SMILES string of the molecule is CNC(=O)[C@@H]1CC[C@@H]2[C@@H](CCN2CC2CCOCC2)O1. The number of nitrogens with zero attached hydrogens (tertiary/aromatic N) is 1. The molecule has 3 atom stereocenters. The Morgan fingerprint density at radius 2 is 2.00 bits per heavy atom. The lowest BCUT2D eigenvalue weighted by Gasteiger charge is -2.37. The molecule has 5 nitrogen and oxygen atoms in total. The van der Waals surface area contributed by atoms with Crippen LogP contribution in [0.5, 0.6) is 0 Å². The van der Waals surface area contributed by atoms with Gasteiger partial charge in [-0.2, -0.15) is 0 Å². The molecular weight excluding hydrogens is 256 g/mol. The molecule has 114 valence electrons. The summed E-state index contributed by atoms with van der Waals surface area (Å²) in [6.45, 7) is 4.13. The largest absolute Gasteiger partial charge is 0.381 e. The number of hydrogen-bond acceptors (Lipinski definition) is 4. The lowest BCUT2D eigenvalue weighted by molar-refractivity contribution is -0.143. The third kappa shape index (κ3) is 3.00. The van der Waals surface area contributed by atoms with Gasteiger partial charge in [-0.15, -0.1) is 0 Å². The molecule has 0 aliphatic carbocycles. The van der Waals surface area contributed by atoms with Crippen LogP contribution in [0.1, 0.15) is 32.1 Å². The van der Waals surface area contributed by atoms with E-state index in [0.717, 1.165) is 44.9 Å². The fourth-order valence-corrected chi connectivity index (χ4v) is 3.86. The standard InChI is InChI=1S/C15H26N2O3/c1-16-15(18)14-3-2-12-13(20-14)4-7-17(12)10-11-5-8-19-9-6-11/h11-14H,2-10H2,1H3,(H,16,18)/t12-,13-,14+/m1/s1. The number of carbonyl (C=O) groups excluding carboxylic acids is 1. The Morgan fingerprint density at radius 1 is 1.20 bits per heavy atom. The molecule has 3 fully saturated rings. The molecule has 3 heterocycles. The normalized spacial score (nSPS) is 35.8. The van der Waals surface area contributed by atoms with Crippen LogP contribution in [0.25, 0.3) is 0 Å². The van der Waals surface area contributed by atoms with Gasteiger partial charge in [-0.25, -0.2) is 0 Å². The minimum absolute atomic E-state index is 0.0336. The van der Waals surface area contributed by atoms with Crippen molar-refractivity contribution in [1.82, 2.24) is 10.2 Å². The molecule has 0 aromatic carbocycles. The zero-order chi connectivity index (χ0) is 13.9. The van der Waals surface area contributed by atoms with Gasteiger partial charge in [0, 0.05) is 39.4 Å².